The number of rotatable bonds is 6. The Hall–Kier alpha value is -3.85. The van der Waals surface area contributed by atoms with Gasteiger partial charge in [0, 0.05) is 5.56 Å². The van der Waals surface area contributed by atoms with E-state index in [2.05, 4.69) is 10.3 Å². The molecule has 0 aliphatic rings. The van der Waals surface area contributed by atoms with E-state index < -0.39 is 21.6 Å². The molecule has 0 spiro atoms. The van der Waals surface area contributed by atoms with Gasteiger partial charge >= 0.3 is 5.97 Å². The number of carboxylic acid groups (broad SMARTS) is 1. The molecule has 33 heavy (non-hydrogen) atoms. The third-order valence-electron chi connectivity index (χ3n) is 5.21. The topological polar surface area (TPSA) is 102 Å². The first-order valence-corrected chi connectivity index (χ1v) is 11.6. The van der Waals surface area contributed by atoms with E-state index in [0.717, 1.165) is 5.56 Å². The summed E-state index contributed by atoms with van der Waals surface area (Å²) in [6.45, 7) is 4.01. The smallest absolute Gasteiger partial charge is 0.335 e. The minimum atomic E-state index is -4.09. The van der Waals surface area contributed by atoms with Crippen molar-refractivity contribution in [3.8, 4) is 16.9 Å². The summed E-state index contributed by atoms with van der Waals surface area (Å²) in [5, 5.41) is 17.0. The van der Waals surface area contributed by atoms with Crippen LogP contribution in [-0.2, 0) is 9.84 Å². The van der Waals surface area contributed by atoms with Crippen LogP contribution < -0.4 is 0 Å². The molecule has 0 aliphatic heterocycles. The Kier molecular flexibility index (Phi) is 5.82. The molecule has 1 aromatic heterocycles. The van der Waals surface area contributed by atoms with Gasteiger partial charge in [0.15, 0.2) is 0 Å². The average molecular weight is 466 g/mol. The Morgan fingerprint density at radius 2 is 1.67 bits per heavy atom. The second-order valence-corrected chi connectivity index (χ2v) is 9.61. The highest BCUT2D eigenvalue weighted by atomic mass is 32.2. The number of carboxylic acids is 1. The highest BCUT2D eigenvalue weighted by Crippen LogP contribution is 2.32. The maximum atomic E-state index is 13.6. The van der Waals surface area contributed by atoms with Crippen LogP contribution in [0.5, 0.6) is 0 Å². The number of sulfone groups is 1. The zero-order valence-electron chi connectivity index (χ0n) is 17.8. The van der Waals surface area contributed by atoms with Crippen LogP contribution in [0.3, 0.4) is 0 Å². The van der Waals surface area contributed by atoms with Crippen LogP contribution in [0.4, 0.5) is 4.39 Å². The largest absolute Gasteiger partial charge is 0.478 e. The van der Waals surface area contributed by atoms with Crippen LogP contribution in [0.15, 0.2) is 82.7 Å². The molecule has 0 radical (unpaired) electrons. The molecule has 9 heteroatoms. The van der Waals surface area contributed by atoms with E-state index in [1.54, 1.807) is 18.2 Å². The Labute approximate surface area is 190 Å². The maximum absolute atomic E-state index is 13.6. The summed E-state index contributed by atoms with van der Waals surface area (Å²) in [7, 11) is -4.09. The molecule has 0 unspecified atom stereocenters. The van der Waals surface area contributed by atoms with Crippen molar-refractivity contribution < 1.29 is 22.7 Å². The third-order valence-corrected chi connectivity index (χ3v) is 6.88. The highest BCUT2D eigenvalue weighted by molar-refractivity contribution is 7.91. The first-order chi connectivity index (χ1) is 15.7. The summed E-state index contributed by atoms with van der Waals surface area (Å²) >= 11 is 0. The van der Waals surface area contributed by atoms with Crippen molar-refractivity contribution in [2.24, 2.45) is 0 Å². The number of aromatic carboxylic acids is 1. The van der Waals surface area contributed by atoms with Gasteiger partial charge in [0.25, 0.3) is 0 Å². The monoisotopic (exact) mass is 465 g/mol. The van der Waals surface area contributed by atoms with E-state index in [0.29, 0.717) is 11.3 Å². The van der Waals surface area contributed by atoms with Crippen LogP contribution in [0.25, 0.3) is 16.9 Å². The number of nitrogens with zero attached hydrogens (tertiary/aromatic N) is 3. The number of benzene rings is 3. The molecular formula is C24H20FN3O4S. The van der Waals surface area contributed by atoms with E-state index in [9.17, 15) is 22.7 Å². The van der Waals surface area contributed by atoms with Crippen molar-refractivity contribution >= 4 is 15.8 Å². The molecule has 0 bridgehead atoms. The van der Waals surface area contributed by atoms with Crippen LogP contribution in [0.2, 0.25) is 0 Å². The van der Waals surface area contributed by atoms with Gasteiger partial charge in [-0.1, -0.05) is 37.3 Å². The van der Waals surface area contributed by atoms with Gasteiger partial charge in [-0.2, -0.15) is 0 Å². The van der Waals surface area contributed by atoms with Gasteiger partial charge in [0.2, 0.25) is 14.9 Å². The maximum Gasteiger partial charge on any atom is 0.335 e. The first-order valence-electron chi connectivity index (χ1n) is 10.1. The molecule has 1 N–H and O–H groups in total. The second-order valence-electron chi connectivity index (χ2n) is 7.74. The van der Waals surface area contributed by atoms with Crippen molar-refractivity contribution in [1.82, 2.24) is 15.0 Å². The van der Waals surface area contributed by atoms with E-state index in [-0.39, 0.29) is 27.1 Å². The summed E-state index contributed by atoms with van der Waals surface area (Å²) in [6, 6.07) is 17.7. The summed E-state index contributed by atoms with van der Waals surface area (Å²) in [6.07, 6.45) is 0. The fourth-order valence-electron chi connectivity index (χ4n) is 3.40. The first kappa shape index (κ1) is 22.3. The quantitative estimate of drug-likeness (QED) is 0.442. The van der Waals surface area contributed by atoms with Gasteiger partial charge in [0.05, 0.1) is 16.1 Å². The number of hydrogen-bond acceptors (Lipinski definition) is 5. The predicted molar refractivity (Wildman–Crippen MR) is 120 cm³/mol. The van der Waals surface area contributed by atoms with Crippen molar-refractivity contribution in [3.63, 3.8) is 0 Å². The Morgan fingerprint density at radius 3 is 2.27 bits per heavy atom. The molecule has 0 saturated heterocycles. The molecule has 3 aromatic carbocycles. The summed E-state index contributed by atoms with van der Waals surface area (Å²) in [5.41, 5.74) is 1.76. The summed E-state index contributed by atoms with van der Waals surface area (Å²) in [4.78, 5) is 11.5. The Morgan fingerprint density at radius 1 is 1.00 bits per heavy atom. The number of hydrogen-bond donors (Lipinski definition) is 1. The standard InChI is InChI=1S/C24H20FN3O4S/c1-15(2)16-8-12-21(13-9-16)33(31,32)23-22(17-6-10-19(25)11-7-17)28(27-26-23)20-5-3-4-18(14-20)24(29)30/h3-15H,1-2H3,(H,29,30). The lowest BCUT2D eigenvalue weighted by Crippen LogP contribution is -2.07. The van der Waals surface area contributed by atoms with E-state index in [1.807, 2.05) is 13.8 Å². The third kappa shape index (κ3) is 4.27. The minimum absolute atomic E-state index is 0.00161. The fourth-order valence-corrected chi connectivity index (χ4v) is 4.72. The van der Waals surface area contributed by atoms with Gasteiger partial charge in [0.1, 0.15) is 11.5 Å². The van der Waals surface area contributed by atoms with Crippen molar-refractivity contribution in [3.05, 3.63) is 89.7 Å². The lowest BCUT2D eigenvalue weighted by molar-refractivity contribution is 0.0697. The number of carbonyl (C=O) groups is 1. The molecule has 1 heterocycles. The molecule has 4 aromatic rings. The zero-order valence-corrected chi connectivity index (χ0v) is 18.6. The van der Waals surface area contributed by atoms with E-state index >= 15 is 0 Å². The summed E-state index contributed by atoms with van der Waals surface area (Å²) in [5.74, 6) is -1.39. The Bertz CT molecular complexity index is 1430. The SMILES string of the molecule is CC(C)c1ccc(S(=O)(=O)c2nnn(-c3cccc(C(=O)O)c3)c2-c2ccc(F)cc2)cc1. The number of halogens is 1. The number of aromatic nitrogens is 3. The van der Waals surface area contributed by atoms with Crippen molar-refractivity contribution in [2.75, 3.05) is 0 Å². The second kappa shape index (κ2) is 8.59. The Balaban J connectivity index is 1.93. The van der Waals surface area contributed by atoms with Gasteiger partial charge in [-0.25, -0.2) is 22.3 Å². The van der Waals surface area contributed by atoms with Crippen LogP contribution >= 0.6 is 0 Å². The van der Waals surface area contributed by atoms with Gasteiger partial charge in [-0.15, -0.1) is 5.10 Å². The molecule has 0 fully saturated rings. The fraction of sp³-hybridized carbons (Fsp3) is 0.125. The molecule has 0 aliphatic carbocycles. The van der Waals surface area contributed by atoms with Crippen molar-refractivity contribution in [2.45, 2.75) is 29.7 Å². The lowest BCUT2D eigenvalue weighted by Gasteiger charge is -2.10. The van der Waals surface area contributed by atoms with Crippen LogP contribution in [-0.4, -0.2) is 34.5 Å². The van der Waals surface area contributed by atoms with E-state index in [4.69, 9.17) is 0 Å². The van der Waals surface area contributed by atoms with Crippen molar-refractivity contribution in [1.29, 1.82) is 0 Å². The van der Waals surface area contributed by atoms with Crippen LogP contribution in [0.1, 0.15) is 35.7 Å². The molecule has 0 atom stereocenters. The van der Waals surface area contributed by atoms with Crippen LogP contribution in [0, 0.1) is 5.82 Å². The molecule has 0 saturated carbocycles. The molecular weight excluding hydrogens is 445 g/mol. The van der Waals surface area contributed by atoms with Gasteiger partial charge in [-0.05, 0) is 66.1 Å². The zero-order chi connectivity index (χ0) is 23.8. The lowest BCUT2D eigenvalue weighted by atomic mass is 10.0. The van der Waals surface area contributed by atoms with E-state index in [1.165, 1.54) is 59.3 Å². The predicted octanol–water partition coefficient (Wildman–Crippen LogP) is 4.73. The van der Waals surface area contributed by atoms with Gasteiger partial charge < -0.3 is 5.11 Å². The molecule has 4 rings (SSSR count). The molecule has 0 amide bonds. The summed E-state index contributed by atoms with van der Waals surface area (Å²) < 4.78 is 41.8. The normalized spacial score (nSPS) is 11.6. The minimum Gasteiger partial charge on any atom is -0.478 e. The van der Waals surface area contributed by atoms with Gasteiger partial charge in [-0.3, -0.25) is 0 Å². The highest BCUT2D eigenvalue weighted by Gasteiger charge is 2.29. The molecule has 168 valence electrons. The average Bonchev–Trinajstić information content (AvgIpc) is 3.26. The molecule has 7 nitrogen and oxygen atoms in total.